The minimum absolute atomic E-state index is 0.0736. The summed E-state index contributed by atoms with van der Waals surface area (Å²) in [6.45, 7) is 6.77. The van der Waals surface area contributed by atoms with E-state index in [1.807, 2.05) is 4.90 Å². The zero-order valence-electron chi connectivity index (χ0n) is 27.9. The maximum atomic E-state index is 13.1. The molecule has 0 radical (unpaired) electrons. The van der Waals surface area contributed by atoms with Crippen LogP contribution in [0.25, 0.3) is 17.3 Å². The molecule has 2 aliphatic heterocycles. The van der Waals surface area contributed by atoms with Gasteiger partial charge >= 0.3 is 0 Å². The first-order valence-electron chi connectivity index (χ1n) is 17.3. The summed E-state index contributed by atoms with van der Waals surface area (Å²) in [6.07, 6.45) is 11.2. The summed E-state index contributed by atoms with van der Waals surface area (Å²) in [7, 11) is 2.13. The number of aromatic nitrogens is 5. The number of carbonyl (C=O) groups excluding carboxylic acids is 1. The monoisotopic (exact) mass is 669 g/mol. The Hall–Kier alpha value is -4.28. The van der Waals surface area contributed by atoms with E-state index in [-0.39, 0.29) is 24.0 Å². The van der Waals surface area contributed by atoms with E-state index in [9.17, 15) is 10.1 Å². The molecule has 0 saturated carbocycles. The number of rotatable bonds is 10. The van der Waals surface area contributed by atoms with Gasteiger partial charge in [-0.15, -0.1) is 11.3 Å². The minimum Gasteiger partial charge on any atom is -0.473 e. The zero-order chi connectivity index (χ0) is 33.4. The second-order valence-electron chi connectivity index (χ2n) is 13.3. The Labute approximate surface area is 284 Å². The van der Waals surface area contributed by atoms with Crippen LogP contribution in [0, 0.1) is 11.3 Å². The van der Waals surface area contributed by atoms with Crippen molar-refractivity contribution >= 4 is 22.2 Å². The molecule has 48 heavy (non-hydrogen) atoms. The Morgan fingerprint density at radius 2 is 2.04 bits per heavy atom. The third kappa shape index (κ3) is 6.07. The topological polar surface area (TPSA) is 152 Å². The maximum Gasteiger partial charge on any atom is 0.274 e. The van der Waals surface area contributed by atoms with E-state index in [4.69, 9.17) is 25.0 Å². The van der Waals surface area contributed by atoms with Crippen LogP contribution in [-0.2, 0) is 12.8 Å². The Morgan fingerprint density at radius 1 is 1.21 bits per heavy atom. The molecule has 2 saturated heterocycles. The van der Waals surface area contributed by atoms with Crippen LogP contribution in [0.5, 0.6) is 5.88 Å². The minimum atomic E-state index is -0.118. The molecule has 6 heterocycles. The third-order valence-corrected chi connectivity index (χ3v) is 11.2. The Bertz CT molecular complexity index is 1830. The fourth-order valence-electron chi connectivity index (χ4n) is 7.56. The van der Waals surface area contributed by atoms with Gasteiger partial charge in [-0.1, -0.05) is 18.5 Å². The number of amides is 1. The van der Waals surface area contributed by atoms with Crippen molar-refractivity contribution in [3.05, 3.63) is 51.4 Å². The first kappa shape index (κ1) is 32.3. The number of unbranched alkanes of at least 4 members (excludes halogenated alkanes) is 1. The zero-order valence-corrected chi connectivity index (χ0v) is 28.8. The van der Waals surface area contributed by atoms with Crippen LogP contribution in [-0.4, -0.2) is 79.4 Å². The van der Waals surface area contributed by atoms with E-state index in [0.29, 0.717) is 39.5 Å². The molecule has 0 bridgehead atoms. The number of likely N-dealkylation sites (N-methyl/N-ethyl adjacent to an activating group) is 1. The molecule has 0 unspecified atom stereocenters. The van der Waals surface area contributed by atoms with E-state index in [1.54, 1.807) is 23.0 Å². The quantitative estimate of drug-likeness (QED) is 0.221. The summed E-state index contributed by atoms with van der Waals surface area (Å²) in [5, 5.41) is 19.8. The highest BCUT2D eigenvalue weighted by Crippen LogP contribution is 2.47. The van der Waals surface area contributed by atoms with Crippen LogP contribution >= 0.6 is 11.3 Å². The lowest BCUT2D eigenvalue weighted by Gasteiger charge is -2.26. The van der Waals surface area contributed by atoms with Crippen LogP contribution in [0.3, 0.4) is 0 Å². The van der Waals surface area contributed by atoms with Crippen molar-refractivity contribution in [1.29, 1.82) is 5.26 Å². The van der Waals surface area contributed by atoms with Gasteiger partial charge in [0.15, 0.2) is 23.0 Å². The largest absolute Gasteiger partial charge is 0.473 e. The van der Waals surface area contributed by atoms with Crippen molar-refractivity contribution in [2.45, 2.75) is 96.1 Å². The number of nitrogen functional groups attached to an aromatic ring is 1. The van der Waals surface area contributed by atoms with E-state index in [2.05, 4.69) is 42.1 Å². The lowest BCUT2D eigenvalue weighted by Crippen LogP contribution is -2.38. The number of fused-ring (bicyclic) bond motifs is 1. The predicted molar refractivity (Wildman–Crippen MR) is 182 cm³/mol. The second kappa shape index (κ2) is 13.7. The molecule has 2 N–H and O–H groups in total. The van der Waals surface area contributed by atoms with E-state index >= 15 is 0 Å². The summed E-state index contributed by atoms with van der Waals surface area (Å²) in [4.78, 5) is 28.3. The molecule has 2 fully saturated rings. The Balaban J connectivity index is 1.30. The number of aryl methyl sites for hydroxylation is 1. The van der Waals surface area contributed by atoms with Crippen molar-refractivity contribution < 1.29 is 14.1 Å². The normalized spacial score (nSPS) is 20.2. The highest BCUT2D eigenvalue weighted by Gasteiger charge is 2.35. The summed E-state index contributed by atoms with van der Waals surface area (Å²) in [6, 6.07) is 6.14. The number of ether oxygens (including phenoxy) is 1. The fraction of sp³-hybridized carbons (Fsp3) is 0.543. The lowest BCUT2D eigenvalue weighted by molar-refractivity contribution is 0.0786. The molecule has 0 aromatic carbocycles. The third-order valence-electron chi connectivity index (χ3n) is 10.1. The SMILES string of the molecule is CCCCc1c(-c2nc(O[C@@H](C)[C@@H]3CCCN3C)cc(-n3ccc(C(=O)N4CCCC4)n3)n2)noc1[C@H]1CCCc2sc(N)c(C#N)c21. The second-order valence-corrected chi connectivity index (χ2v) is 14.4. The van der Waals surface area contributed by atoms with Gasteiger partial charge in [-0.3, -0.25) is 9.69 Å². The van der Waals surface area contributed by atoms with Crippen LogP contribution in [0.4, 0.5) is 5.00 Å². The van der Waals surface area contributed by atoms with Crippen molar-refractivity contribution in [2.24, 2.45) is 0 Å². The van der Waals surface area contributed by atoms with E-state index in [0.717, 1.165) is 106 Å². The first-order chi connectivity index (χ1) is 23.4. The number of nitrogens with zero attached hydrogens (tertiary/aromatic N) is 8. The van der Waals surface area contributed by atoms with Crippen LogP contribution in [0.2, 0.25) is 0 Å². The van der Waals surface area contributed by atoms with Crippen molar-refractivity contribution in [3.63, 3.8) is 0 Å². The molecular weight excluding hydrogens is 627 g/mol. The smallest absolute Gasteiger partial charge is 0.274 e. The van der Waals surface area contributed by atoms with Crippen LogP contribution in [0.1, 0.15) is 109 Å². The first-order valence-corrected chi connectivity index (χ1v) is 18.1. The number of anilines is 1. The number of hydrogen-bond donors (Lipinski definition) is 1. The molecule has 3 aliphatic rings. The van der Waals surface area contributed by atoms with Crippen molar-refractivity contribution in [3.8, 4) is 29.3 Å². The molecule has 12 nitrogen and oxygen atoms in total. The van der Waals surface area contributed by atoms with Crippen molar-refractivity contribution in [1.82, 2.24) is 34.7 Å². The molecule has 7 rings (SSSR count). The molecule has 252 valence electrons. The van der Waals surface area contributed by atoms with Crippen molar-refractivity contribution in [2.75, 3.05) is 32.4 Å². The van der Waals surface area contributed by atoms with Gasteiger partial charge in [0.05, 0.1) is 5.56 Å². The number of nitriles is 1. The van der Waals surface area contributed by atoms with Gasteiger partial charge in [0.2, 0.25) is 5.88 Å². The van der Waals surface area contributed by atoms with Gasteiger partial charge in [0.1, 0.15) is 22.9 Å². The van der Waals surface area contributed by atoms with Gasteiger partial charge in [-0.25, -0.2) is 9.67 Å². The molecule has 3 atom stereocenters. The highest BCUT2D eigenvalue weighted by atomic mass is 32.1. The summed E-state index contributed by atoms with van der Waals surface area (Å²) >= 11 is 1.51. The molecule has 13 heteroatoms. The molecule has 1 aliphatic carbocycles. The number of carbonyl (C=O) groups is 1. The molecular formula is C35H43N9O3S. The summed E-state index contributed by atoms with van der Waals surface area (Å²) in [5.74, 6) is 1.83. The number of thiophene rings is 1. The predicted octanol–water partition coefficient (Wildman–Crippen LogP) is 5.74. The summed E-state index contributed by atoms with van der Waals surface area (Å²) < 4.78 is 14.4. The molecule has 4 aromatic heterocycles. The summed E-state index contributed by atoms with van der Waals surface area (Å²) in [5.41, 5.74) is 9.72. The number of hydrogen-bond acceptors (Lipinski definition) is 11. The Kier molecular flexibility index (Phi) is 9.20. The van der Waals surface area contributed by atoms with Gasteiger partial charge in [0.25, 0.3) is 5.91 Å². The fourth-order valence-corrected chi connectivity index (χ4v) is 8.69. The number of nitrogens with two attached hydrogens (primary N) is 1. The van der Waals surface area contributed by atoms with Gasteiger partial charge in [0, 0.05) is 47.8 Å². The van der Waals surface area contributed by atoms with Gasteiger partial charge in [-0.05, 0) is 89.9 Å². The van der Waals surface area contributed by atoms with Gasteiger partial charge < -0.3 is 19.9 Å². The van der Waals surface area contributed by atoms with E-state index in [1.165, 1.54) is 11.3 Å². The highest BCUT2D eigenvalue weighted by molar-refractivity contribution is 7.16. The van der Waals surface area contributed by atoms with Crippen LogP contribution < -0.4 is 10.5 Å². The average Bonchev–Trinajstić information content (AvgIpc) is 3.93. The molecule has 0 spiro atoms. The average molecular weight is 670 g/mol. The number of likely N-dealkylation sites (tertiary alicyclic amines) is 2. The molecule has 1 amide bonds. The van der Waals surface area contributed by atoms with E-state index < -0.39 is 0 Å². The molecule has 4 aromatic rings. The lowest BCUT2D eigenvalue weighted by atomic mass is 9.81. The standard InChI is InChI=1S/C35H43N9O3S/c1-4-5-10-23-31(41-47-32(23)22-11-8-13-27-30(22)24(20-36)33(37)48-27)34-38-28(19-29(39-34)46-21(2)26-12-9-15-42(26)3)44-18-14-25(40-44)35(45)43-16-6-7-17-43/h14,18-19,21-22,26H,4-13,15-17,37H2,1-3H3/t21-,22-,26-/m0/s1. The van der Waals surface area contributed by atoms with Crippen LogP contribution in [0.15, 0.2) is 22.9 Å². The Morgan fingerprint density at radius 3 is 2.79 bits per heavy atom. The van der Waals surface area contributed by atoms with Gasteiger partial charge in [-0.2, -0.15) is 15.3 Å². The maximum absolute atomic E-state index is 13.1.